The van der Waals surface area contributed by atoms with Crippen molar-refractivity contribution in [3.05, 3.63) is 22.8 Å². The zero-order valence-electron chi connectivity index (χ0n) is 12.1. The highest BCUT2D eigenvalue weighted by Crippen LogP contribution is 2.13. The van der Waals surface area contributed by atoms with Crippen molar-refractivity contribution in [1.29, 1.82) is 5.41 Å². The number of nitrogens with zero attached hydrogens (tertiary/aromatic N) is 1. The summed E-state index contributed by atoms with van der Waals surface area (Å²) in [7, 11) is 0. The van der Waals surface area contributed by atoms with Crippen LogP contribution < -0.4 is 5.73 Å². The molecule has 1 aromatic heterocycles. The first-order valence-corrected chi connectivity index (χ1v) is 6.46. The Balaban J connectivity index is -0.000000285. The molecule has 0 spiro atoms. The molecular formula is C13H26ClN3. The third kappa shape index (κ3) is 9.82. The smallest absolute Gasteiger partial charge is 0.134 e. The van der Waals surface area contributed by atoms with E-state index in [9.17, 15) is 0 Å². The van der Waals surface area contributed by atoms with Gasteiger partial charge in [0.15, 0.2) is 0 Å². The number of halogens is 1. The molecule has 0 atom stereocenters. The summed E-state index contributed by atoms with van der Waals surface area (Å²) in [6.45, 7) is 13.7. The van der Waals surface area contributed by atoms with Crippen LogP contribution in [0.4, 0.5) is 5.82 Å². The predicted octanol–water partition coefficient (Wildman–Crippen LogP) is 4.78. The molecule has 0 aromatic carbocycles. The van der Waals surface area contributed by atoms with E-state index in [1.165, 1.54) is 0 Å². The van der Waals surface area contributed by atoms with Crippen molar-refractivity contribution in [3.63, 3.8) is 0 Å². The van der Waals surface area contributed by atoms with Crippen molar-refractivity contribution >= 4 is 23.1 Å². The Labute approximate surface area is 111 Å². The van der Waals surface area contributed by atoms with Gasteiger partial charge in [-0.15, -0.1) is 0 Å². The average Bonchev–Trinajstić information content (AvgIpc) is 2.36. The molecule has 1 aromatic rings. The Morgan fingerprint density at radius 2 is 1.53 bits per heavy atom. The minimum Gasteiger partial charge on any atom is -0.383 e. The van der Waals surface area contributed by atoms with Gasteiger partial charge >= 0.3 is 0 Å². The molecule has 3 N–H and O–H groups in total. The van der Waals surface area contributed by atoms with Crippen molar-refractivity contribution in [1.82, 2.24) is 4.98 Å². The third-order valence-electron chi connectivity index (χ3n) is 1.29. The minimum atomic E-state index is 0.310. The number of hydrogen-bond donors (Lipinski definition) is 2. The van der Waals surface area contributed by atoms with E-state index in [2.05, 4.69) is 4.98 Å². The average molecular weight is 260 g/mol. The molecule has 4 heteroatoms. The summed E-state index contributed by atoms with van der Waals surface area (Å²) >= 11 is 5.56. The Morgan fingerprint density at radius 1 is 1.12 bits per heavy atom. The number of aromatic nitrogens is 1. The predicted molar refractivity (Wildman–Crippen MR) is 80.2 cm³/mol. The quantitative estimate of drug-likeness (QED) is 0.563. The lowest BCUT2D eigenvalue weighted by Gasteiger charge is -2.01. The van der Waals surface area contributed by atoms with Crippen LogP contribution in [0.15, 0.2) is 12.1 Å². The first-order valence-electron chi connectivity index (χ1n) is 6.09. The maximum atomic E-state index is 7.28. The molecule has 0 saturated carbocycles. The van der Waals surface area contributed by atoms with Gasteiger partial charge in [-0.2, -0.15) is 0 Å². The highest BCUT2D eigenvalue weighted by atomic mass is 35.5. The van der Waals surface area contributed by atoms with E-state index in [1.807, 2.05) is 41.5 Å². The van der Waals surface area contributed by atoms with Crippen molar-refractivity contribution in [2.75, 3.05) is 5.73 Å². The van der Waals surface area contributed by atoms with Gasteiger partial charge in [-0.05, 0) is 19.1 Å². The van der Waals surface area contributed by atoms with E-state index in [1.54, 1.807) is 19.1 Å². The maximum Gasteiger partial charge on any atom is 0.134 e. The first kappa shape index (κ1) is 21.2. The Morgan fingerprint density at radius 3 is 1.82 bits per heavy atom. The molecule has 100 valence electrons. The van der Waals surface area contributed by atoms with Crippen LogP contribution in [-0.4, -0.2) is 10.7 Å². The van der Waals surface area contributed by atoms with E-state index < -0.39 is 0 Å². The molecule has 0 radical (unpaired) electrons. The molecule has 3 nitrogen and oxygen atoms in total. The summed E-state index contributed by atoms with van der Waals surface area (Å²) < 4.78 is 0. The van der Waals surface area contributed by atoms with Crippen LogP contribution in [0.5, 0.6) is 0 Å². The number of pyridine rings is 1. The normalized spacial score (nSPS) is 7.29. The number of nitrogens with one attached hydrogen (secondary N) is 1. The van der Waals surface area contributed by atoms with Gasteiger partial charge in [0.2, 0.25) is 0 Å². The van der Waals surface area contributed by atoms with Gasteiger partial charge in [0.05, 0.1) is 0 Å². The molecule has 0 aliphatic rings. The van der Waals surface area contributed by atoms with Crippen LogP contribution in [0.3, 0.4) is 0 Å². The Hall–Kier alpha value is -1.09. The highest BCUT2D eigenvalue weighted by molar-refractivity contribution is 6.29. The monoisotopic (exact) mass is 259 g/mol. The minimum absolute atomic E-state index is 0.310. The molecule has 0 saturated heterocycles. The zero-order valence-corrected chi connectivity index (χ0v) is 12.8. The van der Waals surface area contributed by atoms with Crippen molar-refractivity contribution in [2.45, 2.75) is 48.5 Å². The number of nitrogens with two attached hydrogens (primary N) is 1. The molecule has 0 aliphatic carbocycles. The molecule has 0 fully saturated rings. The second kappa shape index (κ2) is 14.9. The van der Waals surface area contributed by atoms with E-state index in [0.717, 1.165) is 0 Å². The molecule has 0 aliphatic heterocycles. The van der Waals surface area contributed by atoms with Crippen LogP contribution in [0.25, 0.3) is 0 Å². The van der Waals surface area contributed by atoms with Crippen LogP contribution in [0.2, 0.25) is 5.15 Å². The summed E-state index contributed by atoms with van der Waals surface area (Å²) in [4.78, 5) is 3.80. The van der Waals surface area contributed by atoms with Gasteiger partial charge in [0.25, 0.3) is 0 Å². The highest BCUT2D eigenvalue weighted by Gasteiger charge is 2.01. The maximum absolute atomic E-state index is 7.28. The summed E-state index contributed by atoms with van der Waals surface area (Å²) in [5.74, 6) is 0.310. The standard InChI is InChI=1S/C7H8ClN3.3C2H6/c1-4(9)5-2-3-6(8)11-7(5)10;3*1-2/h2-3,9H,1H3,(H2,10,11);3*1-2H3. The van der Waals surface area contributed by atoms with Crippen LogP contribution in [0.1, 0.15) is 54.0 Å². The number of hydrogen-bond acceptors (Lipinski definition) is 3. The van der Waals surface area contributed by atoms with Gasteiger partial charge in [-0.1, -0.05) is 53.1 Å². The second-order valence-electron chi connectivity index (χ2n) is 2.19. The van der Waals surface area contributed by atoms with E-state index >= 15 is 0 Å². The lowest BCUT2D eigenvalue weighted by molar-refractivity contribution is 1.31. The van der Waals surface area contributed by atoms with Crippen LogP contribution in [0, 0.1) is 5.41 Å². The fraction of sp³-hybridized carbons (Fsp3) is 0.538. The Kier molecular flexibility index (Phi) is 18.6. The zero-order chi connectivity index (χ0) is 14.4. The Bertz CT molecular complexity index is 299. The van der Waals surface area contributed by atoms with E-state index in [-0.39, 0.29) is 0 Å². The fourth-order valence-corrected chi connectivity index (χ4v) is 0.921. The van der Waals surface area contributed by atoms with Gasteiger partial charge in [-0.25, -0.2) is 4.98 Å². The lowest BCUT2D eigenvalue weighted by atomic mass is 10.2. The van der Waals surface area contributed by atoms with Gasteiger partial charge in [0.1, 0.15) is 11.0 Å². The largest absolute Gasteiger partial charge is 0.383 e. The van der Waals surface area contributed by atoms with E-state index in [0.29, 0.717) is 22.2 Å². The van der Waals surface area contributed by atoms with Crippen molar-refractivity contribution in [3.8, 4) is 0 Å². The fourth-order valence-electron chi connectivity index (χ4n) is 0.767. The molecule has 1 heterocycles. The topological polar surface area (TPSA) is 62.8 Å². The van der Waals surface area contributed by atoms with Crippen molar-refractivity contribution in [2.24, 2.45) is 0 Å². The SMILES string of the molecule is CC.CC.CC.CC(=N)c1ccc(Cl)nc1N. The first-order chi connectivity index (χ1) is 8.11. The number of anilines is 1. The van der Waals surface area contributed by atoms with Gasteiger partial charge in [0, 0.05) is 11.3 Å². The van der Waals surface area contributed by atoms with Crippen LogP contribution in [-0.2, 0) is 0 Å². The molecular weight excluding hydrogens is 234 g/mol. The summed E-state index contributed by atoms with van der Waals surface area (Å²) in [6, 6.07) is 3.30. The number of rotatable bonds is 1. The number of nitrogen functional groups attached to an aromatic ring is 1. The second-order valence-corrected chi connectivity index (χ2v) is 2.58. The third-order valence-corrected chi connectivity index (χ3v) is 1.51. The molecule has 0 bridgehead atoms. The summed E-state index contributed by atoms with van der Waals surface area (Å²) in [6.07, 6.45) is 0. The molecule has 0 unspecified atom stereocenters. The lowest BCUT2D eigenvalue weighted by Crippen LogP contribution is -2.01. The van der Waals surface area contributed by atoms with Crippen LogP contribution >= 0.6 is 11.6 Å². The molecule has 0 amide bonds. The van der Waals surface area contributed by atoms with E-state index in [4.69, 9.17) is 22.7 Å². The van der Waals surface area contributed by atoms with Gasteiger partial charge in [-0.3, -0.25) is 0 Å². The van der Waals surface area contributed by atoms with Gasteiger partial charge < -0.3 is 11.1 Å². The summed E-state index contributed by atoms with van der Waals surface area (Å²) in [5, 5.41) is 7.64. The summed E-state index contributed by atoms with van der Waals surface area (Å²) in [5.41, 5.74) is 6.51. The van der Waals surface area contributed by atoms with Crippen molar-refractivity contribution < 1.29 is 0 Å². The molecule has 1 rings (SSSR count). The molecule has 17 heavy (non-hydrogen) atoms.